The summed E-state index contributed by atoms with van der Waals surface area (Å²) >= 11 is 0. The monoisotopic (exact) mass is 359 g/mol. The maximum absolute atomic E-state index is 14.3. The van der Waals surface area contributed by atoms with Crippen LogP contribution < -0.4 is 0 Å². The van der Waals surface area contributed by atoms with Gasteiger partial charge in [-0.05, 0) is 32.4 Å². The number of hydrogen-bond acceptors (Lipinski definition) is 3. The second-order valence-corrected chi connectivity index (χ2v) is 6.31. The zero-order chi connectivity index (χ0) is 19.3. The molecule has 2 aromatic carbocycles. The molecule has 1 unspecified atom stereocenters. The first-order chi connectivity index (χ1) is 12.3. The highest BCUT2D eigenvalue weighted by Crippen LogP contribution is 2.28. The van der Waals surface area contributed by atoms with Crippen molar-refractivity contribution < 1.29 is 23.8 Å². The van der Waals surface area contributed by atoms with E-state index in [-0.39, 0.29) is 12.2 Å². The summed E-state index contributed by atoms with van der Waals surface area (Å²) in [5.41, 5.74) is 1.41. The van der Waals surface area contributed by atoms with Gasteiger partial charge in [0, 0.05) is 11.6 Å². The fourth-order valence-electron chi connectivity index (χ4n) is 2.68. The number of carboxylic acid groups (broad SMARTS) is 1. The normalized spacial score (nSPS) is 11.9. The van der Waals surface area contributed by atoms with Crippen molar-refractivity contribution in [3.63, 3.8) is 0 Å². The lowest BCUT2D eigenvalue weighted by Gasteiger charge is -2.32. The number of hydrogen-bond donors (Lipinski definition) is 1. The predicted octanol–water partition coefficient (Wildman–Crippen LogP) is 4.31. The number of rotatable bonds is 6. The Bertz CT molecular complexity index is 777. The molecule has 1 atom stereocenters. The third kappa shape index (κ3) is 4.59. The summed E-state index contributed by atoms with van der Waals surface area (Å²) in [7, 11) is 0. The fraction of sp³-hybridized carbons (Fsp3) is 0.300. The Labute approximate surface area is 152 Å². The summed E-state index contributed by atoms with van der Waals surface area (Å²) in [6.07, 6.45) is -0.808. The lowest BCUT2D eigenvalue weighted by molar-refractivity contribution is -0.143. The topological polar surface area (TPSA) is 66.8 Å². The predicted molar refractivity (Wildman–Crippen MR) is 95.1 cm³/mol. The first kappa shape index (κ1) is 19.4. The Kier molecular flexibility index (Phi) is 6.33. The molecule has 0 fully saturated rings. The molecule has 26 heavy (non-hydrogen) atoms. The van der Waals surface area contributed by atoms with Gasteiger partial charge in [0.1, 0.15) is 12.4 Å². The van der Waals surface area contributed by atoms with E-state index >= 15 is 0 Å². The number of carboxylic acids is 1. The molecule has 0 aliphatic carbocycles. The molecule has 0 saturated carbocycles. The van der Waals surface area contributed by atoms with Crippen LogP contribution in [0.3, 0.4) is 0 Å². The summed E-state index contributed by atoms with van der Waals surface area (Å²) in [4.78, 5) is 25.5. The van der Waals surface area contributed by atoms with E-state index in [1.54, 1.807) is 39.0 Å². The van der Waals surface area contributed by atoms with E-state index < -0.39 is 30.0 Å². The van der Waals surface area contributed by atoms with Crippen LogP contribution >= 0.6 is 0 Å². The number of carbonyl (C=O) groups excluding carboxylic acids is 1. The maximum atomic E-state index is 14.3. The van der Waals surface area contributed by atoms with E-state index in [9.17, 15) is 19.1 Å². The number of halogens is 1. The lowest BCUT2D eigenvalue weighted by atomic mass is 10.0. The van der Waals surface area contributed by atoms with Gasteiger partial charge >= 0.3 is 12.1 Å². The highest BCUT2D eigenvalue weighted by atomic mass is 19.1. The van der Waals surface area contributed by atoms with Gasteiger partial charge < -0.3 is 9.84 Å². The summed E-state index contributed by atoms with van der Waals surface area (Å²) in [5, 5.41) is 9.68. The third-order valence-electron chi connectivity index (χ3n) is 3.93. The molecule has 0 radical (unpaired) electrons. The third-order valence-corrected chi connectivity index (χ3v) is 3.93. The standard InChI is InChI=1S/C20H22FNO4/c1-13(2)22(20(25)26-12-15-7-5-4-6-8-15)18(19(23)24)16-11-14(3)9-10-17(16)21/h4-11,13,18H,12H2,1-3H3,(H,23,24). The summed E-state index contributed by atoms with van der Waals surface area (Å²) in [5.74, 6) is -2.00. The van der Waals surface area contributed by atoms with Crippen LogP contribution in [0.15, 0.2) is 48.5 Å². The molecule has 0 spiro atoms. The van der Waals surface area contributed by atoms with Gasteiger partial charge in [0.2, 0.25) is 0 Å². The second-order valence-electron chi connectivity index (χ2n) is 6.31. The van der Waals surface area contributed by atoms with Gasteiger partial charge in [-0.25, -0.2) is 14.0 Å². The largest absolute Gasteiger partial charge is 0.479 e. The van der Waals surface area contributed by atoms with Gasteiger partial charge in [-0.3, -0.25) is 4.90 Å². The highest BCUT2D eigenvalue weighted by Gasteiger charge is 2.36. The van der Waals surface area contributed by atoms with Crippen LogP contribution in [0.25, 0.3) is 0 Å². The minimum atomic E-state index is -1.47. The van der Waals surface area contributed by atoms with Crippen molar-refractivity contribution in [3.05, 3.63) is 71.0 Å². The Balaban J connectivity index is 2.30. The SMILES string of the molecule is Cc1ccc(F)c(C(C(=O)O)N(C(=O)OCc2ccccc2)C(C)C)c1. The van der Waals surface area contributed by atoms with Crippen molar-refractivity contribution in [2.45, 2.75) is 39.5 Å². The van der Waals surface area contributed by atoms with Crippen LogP contribution in [-0.4, -0.2) is 28.1 Å². The Morgan fingerprint density at radius 1 is 1.15 bits per heavy atom. The van der Waals surface area contributed by atoms with Gasteiger partial charge in [-0.2, -0.15) is 0 Å². The molecule has 138 valence electrons. The number of nitrogens with zero attached hydrogens (tertiary/aromatic N) is 1. The van der Waals surface area contributed by atoms with Crippen LogP contribution in [-0.2, 0) is 16.1 Å². The second kappa shape index (κ2) is 8.47. The molecule has 0 heterocycles. The average molecular weight is 359 g/mol. The molecule has 0 aliphatic heterocycles. The Morgan fingerprint density at radius 3 is 2.38 bits per heavy atom. The quantitative estimate of drug-likeness (QED) is 0.835. The number of amides is 1. The van der Waals surface area contributed by atoms with E-state index in [1.807, 2.05) is 18.2 Å². The van der Waals surface area contributed by atoms with Gasteiger partial charge in [-0.15, -0.1) is 0 Å². The van der Waals surface area contributed by atoms with E-state index in [1.165, 1.54) is 12.1 Å². The number of aliphatic carboxylic acids is 1. The zero-order valence-electron chi connectivity index (χ0n) is 15.0. The van der Waals surface area contributed by atoms with Gasteiger partial charge in [0.15, 0.2) is 6.04 Å². The minimum absolute atomic E-state index is 0.00549. The summed E-state index contributed by atoms with van der Waals surface area (Å²) in [6, 6.07) is 11.3. The number of ether oxygens (including phenoxy) is 1. The van der Waals surface area contributed by atoms with Crippen molar-refractivity contribution in [2.75, 3.05) is 0 Å². The summed E-state index contributed by atoms with van der Waals surface area (Å²) in [6.45, 7) is 5.06. The molecular formula is C20H22FNO4. The minimum Gasteiger partial charge on any atom is -0.479 e. The molecule has 0 aromatic heterocycles. The van der Waals surface area contributed by atoms with Crippen molar-refractivity contribution in [1.82, 2.24) is 4.90 Å². The van der Waals surface area contributed by atoms with E-state index in [0.29, 0.717) is 5.56 Å². The molecule has 6 heteroatoms. The number of carbonyl (C=O) groups is 2. The molecule has 5 nitrogen and oxygen atoms in total. The lowest BCUT2D eigenvalue weighted by Crippen LogP contribution is -2.44. The van der Waals surface area contributed by atoms with E-state index in [0.717, 1.165) is 10.5 Å². The van der Waals surface area contributed by atoms with Crippen molar-refractivity contribution in [1.29, 1.82) is 0 Å². The average Bonchev–Trinajstić information content (AvgIpc) is 2.60. The smallest absolute Gasteiger partial charge is 0.411 e. The Morgan fingerprint density at radius 2 is 1.81 bits per heavy atom. The number of benzene rings is 2. The molecule has 2 aromatic rings. The van der Waals surface area contributed by atoms with Crippen LogP contribution in [0, 0.1) is 12.7 Å². The zero-order valence-corrected chi connectivity index (χ0v) is 15.0. The maximum Gasteiger partial charge on any atom is 0.411 e. The first-order valence-electron chi connectivity index (χ1n) is 8.29. The molecule has 1 amide bonds. The van der Waals surface area contributed by atoms with Gasteiger partial charge in [-0.1, -0.05) is 48.0 Å². The fourth-order valence-corrected chi connectivity index (χ4v) is 2.68. The number of aryl methyl sites for hydroxylation is 1. The highest BCUT2D eigenvalue weighted by molar-refractivity contribution is 5.82. The van der Waals surface area contributed by atoms with Crippen molar-refractivity contribution in [3.8, 4) is 0 Å². The molecule has 0 saturated heterocycles. The molecule has 2 rings (SSSR count). The molecule has 0 aliphatic rings. The summed E-state index contributed by atoms with van der Waals surface area (Å²) < 4.78 is 19.6. The van der Waals surface area contributed by atoms with Gasteiger partial charge in [0.25, 0.3) is 0 Å². The molecular weight excluding hydrogens is 337 g/mol. The first-order valence-corrected chi connectivity index (χ1v) is 8.29. The Hall–Kier alpha value is -2.89. The molecule has 0 bridgehead atoms. The van der Waals surface area contributed by atoms with Crippen LogP contribution in [0.1, 0.15) is 36.6 Å². The van der Waals surface area contributed by atoms with Crippen LogP contribution in [0.2, 0.25) is 0 Å². The van der Waals surface area contributed by atoms with Crippen molar-refractivity contribution in [2.24, 2.45) is 0 Å². The van der Waals surface area contributed by atoms with Crippen molar-refractivity contribution >= 4 is 12.1 Å². The van der Waals surface area contributed by atoms with Crippen LogP contribution in [0.5, 0.6) is 0 Å². The van der Waals surface area contributed by atoms with Gasteiger partial charge in [0.05, 0.1) is 0 Å². The molecule has 1 N–H and O–H groups in total. The van der Waals surface area contributed by atoms with E-state index in [4.69, 9.17) is 4.74 Å². The van der Waals surface area contributed by atoms with Crippen LogP contribution in [0.4, 0.5) is 9.18 Å². The van der Waals surface area contributed by atoms with E-state index in [2.05, 4.69) is 0 Å².